The van der Waals surface area contributed by atoms with Crippen LogP contribution in [-0.4, -0.2) is 54.4 Å². The van der Waals surface area contributed by atoms with Gasteiger partial charge in [0, 0.05) is 31.5 Å². The molecule has 2 unspecified atom stereocenters. The maximum Gasteiger partial charge on any atom is 0.243 e. The molecule has 0 aliphatic carbocycles. The van der Waals surface area contributed by atoms with Gasteiger partial charge in [0.25, 0.3) is 0 Å². The molecule has 9 heteroatoms. The second-order valence-electron chi connectivity index (χ2n) is 8.26. The van der Waals surface area contributed by atoms with Crippen molar-refractivity contribution in [1.29, 1.82) is 0 Å². The molecule has 1 aromatic heterocycles. The SMILES string of the molecule is CC(=O)N1CCCC(CS(=O)(=O)C(C)C(=O)Nc2cc(C(C)(C)C)on2)C1. The van der Waals surface area contributed by atoms with Crippen LogP contribution in [0.2, 0.25) is 0 Å². The maximum absolute atomic E-state index is 12.7. The Morgan fingerprint density at radius 1 is 1.41 bits per heavy atom. The van der Waals surface area contributed by atoms with Crippen molar-refractivity contribution in [1.82, 2.24) is 10.1 Å². The summed E-state index contributed by atoms with van der Waals surface area (Å²) in [6.07, 6.45) is 1.50. The van der Waals surface area contributed by atoms with Gasteiger partial charge in [-0.3, -0.25) is 9.59 Å². The van der Waals surface area contributed by atoms with Crippen LogP contribution in [0.5, 0.6) is 0 Å². The smallest absolute Gasteiger partial charge is 0.243 e. The lowest BCUT2D eigenvalue weighted by Crippen LogP contribution is -2.43. The van der Waals surface area contributed by atoms with Crippen molar-refractivity contribution in [3.05, 3.63) is 11.8 Å². The van der Waals surface area contributed by atoms with Crippen molar-refractivity contribution < 1.29 is 22.5 Å². The number of sulfone groups is 1. The summed E-state index contributed by atoms with van der Waals surface area (Å²) in [7, 11) is -3.66. The zero-order valence-corrected chi connectivity index (χ0v) is 17.4. The molecule has 2 rings (SSSR count). The first kappa shape index (κ1) is 21.4. The van der Waals surface area contributed by atoms with Gasteiger partial charge < -0.3 is 14.7 Å². The predicted octanol–water partition coefficient (Wildman–Crippen LogP) is 1.97. The van der Waals surface area contributed by atoms with Crippen LogP contribution in [0.4, 0.5) is 5.82 Å². The van der Waals surface area contributed by atoms with Crippen molar-refractivity contribution in [2.24, 2.45) is 5.92 Å². The largest absolute Gasteiger partial charge is 0.359 e. The molecule has 27 heavy (non-hydrogen) atoms. The van der Waals surface area contributed by atoms with E-state index in [2.05, 4.69) is 10.5 Å². The van der Waals surface area contributed by atoms with Crippen LogP contribution in [-0.2, 0) is 24.8 Å². The van der Waals surface area contributed by atoms with Gasteiger partial charge >= 0.3 is 0 Å². The molecule has 2 heterocycles. The van der Waals surface area contributed by atoms with E-state index >= 15 is 0 Å². The summed E-state index contributed by atoms with van der Waals surface area (Å²) < 4.78 is 30.5. The third-order valence-corrected chi connectivity index (χ3v) is 7.07. The summed E-state index contributed by atoms with van der Waals surface area (Å²) in [5.41, 5.74) is -0.267. The molecule has 0 aromatic carbocycles. The molecule has 0 spiro atoms. The van der Waals surface area contributed by atoms with E-state index < -0.39 is 21.0 Å². The summed E-state index contributed by atoms with van der Waals surface area (Å²) in [6, 6.07) is 1.60. The predicted molar refractivity (Wildman–Crippen MR) is 102 cm³/mol. The Bertz CT molecular complexity index is 794. The molecule has 1 aromatic rings. The van der Waals surface area contributed by atoms with Crippen LogP contribution in [0.3, 0.4) is 0 Å². The molecule has 0 bridgehead atoms. The van der Waals surface area contributed by atoms with Gasteiger partial charge in [0.15, 0.2) is 15.7 Å². The highest BCUT2D eigenvalue weighted by Crippen LogP contribution is 2.25. The zero-order valence-electron chi connectivity index (χ0n) is 16.6. The van der Waals surface area contributed by atoms with E-state index in [1.165, 1.54) is 13.8 Å². The Hall–Kier alpha value is -1.90. The molecular weight excluding hydrogens is 370 g/mol. The molecule has 152 valence electrons. The van der Waals surface area contributed by atoms with Gasteiger partial charge in [-0.15, -0.1) is 0 Å². The molecule has 1 N–H and O–H groups in total. The average Bonchev–Trinajstić information content (AvgIpc) is 3.02. The highest BCUT2D eigenvalue weighted by molar-refractivity contribution is 7.92. The van der Waals surface area contributed by atoms with Crippen molar-refractivity contribution in [3.8, 4) is 0 Å². The fourth-order valence-electron chi connectivity index (χ4n) is 3.04. The normalized spacial score (nSPS) is 19.6. The molecule has 1 aliphatic rings. The number of hydrogen-bond donors (Lipinski definition) is 1. The van der Waals surface area contributed by atoms with E-state index in [0.717, 1.165) is 12.8 Å². The van der Waals surface area contributed by atoms with Crippen LogP contribution in [0, 0.1) is 5.92 Å². The molecule has 8 nitrogen and oxygen atoms in total. The Balaban J connectivity index is 2.00. The molecule has 2 atom stereocenters. The molecule has 1 aliphatic heterocycles. The number of likely N-dealkylation sites (tertiary alicyclic amines) is 1. The first-order valence-electron chi connectivity index (χ1n) is 9.15. The Morgan fingerprint density at radius 3 is 2.63 bits per heavy atom. The van der Waals surface area contributed by atoms with Gasteiger partial charge in [0.1, 0.15) is 11.0 Å². The van der Waals surface area contributed by atoms with Crippen LogP contribution < -0.4 is 5.32 Å². The van der Waals surface area contributed by atoms with Gasteiger partial charge in [-0.2, -0.15) is 0 Å². The van der Waals surface area contributed by atoms with E-state index in [4.69, 9.17) is 4.52 Å². The Labute approximate surface area is 160 Å². The molecule has 0 saturated carbocycles. The standard InChI is InChI=1S/C18H29N3O5S/c1-12(17(23)19-16-9-15(26-20-16)18(3,4)5)27(24,25)11-14-7-6-8-21(10-14)13(2)22/h9,12,14H,6-8,10-11H2,1-5H3,(H,19,20,23). The lowest BCUT2D eigenvalue weighted by atomic mass is 9.93. The maximum atomic E-state index is 12.7. The minimum absolute atomic E-state index is 0.0522. The minimum atomic E-state index is -3.66. The highest BCUT2D eigenvalue weighted by Gasteiger charge is 2.33. The van der Waals surface area contributed by atoms with E-state index in [-0.39, 0.29) is 28.8 Å². The topological polar surface area (TPSA) is 110 Å². The minimum Gasteiger partial charge on any atom is -0.359 e. The Morgan fingerprint density at radius 2 is 2.07 bits per heavy atom. The number of anilines is 1. The summed E-state index contributed by atoms with van der Waals surface area (Å²) in [4.78, 5) is 25.6. The first-order valence-corrected chi connectivity index (χ1v) is 10.9. The van der Waals surface area contributed by atoms with E-state index in [9.17, 15) is 18.0 Å². The van der Waals surface area contributed by atoms with E-state index in [1.54, 1.807) is 11.0 Å². The van der Waals surface area contributed by atoms with Gasteiger partial charge in [-0.1, -0.05) is 25.9 Å². The number of hydrogen-bond acceptors (Lipinski definition) is 6. The van der Waals surface area contributed by atoms with Crippen LogP contribution >= 0.6 is 0 Å². The average molecular weight is 400 g/mol. The van der Waals surface area contributed by atoms with Crippen molar-refractivity contribution in [3.63, 3.8) is 0 Å². The van der Waals surface area contributed by atoms with Gasteiger partial charge in [-0.05, 0) is 25.7 Å². The summed E-state index contributed by atoms with van der Waals surface area (Å²) >= 11 is 0. The highest BCUT2D eigenvalue weighted by atomic mass is 32.2. The third kappa shape index (κ3) is 5.54. The number of aromatic nitrogens is 1. The number of amides is 2. The summed E-state index contributed by atoms with van der Waals surface area (Å²) in [5, 5.41) is 5.09. The third-order valence-electron chi connectivity index (χ3n) is 4.84. The fraction of sp³-hybridized carbons (Fsp3) is 0.722. The Kier molecular flexibility index (Phi) is 6.34. The van der Waals surface area contributed by atoms with Gasteiger partial charge in [0.2, 0.25) is 11.8 Å². The number of rotatable bonds is 5. The number of carbonyl (C=O) groups is 2. The second kappa shape index (κ2) is 8.00. The van der Waals surface area contributed by atoms with Gasteiger partial charge in [-0.25, -0.2) is 8.42 Å². The molecule has 2 amide bonds. The van der Waals surface area contributed by atoms with Crippen LogP contribution in [0.25, 0.3) is 0 Å². The van der Waals surface area contributed by atoms with E-state index in [0.29, 0.717) is 18.8 Å². The first-order chi connectivity index (χ1) is 12.4. The molecule has 0 radical (unpaired) electrons. The lowest BCUT2D eigenvalue weighted by molar-refractivity contribution is -0.130. The molecule has 1 saturated heterocycles. The van der Waals surface area contributed by atoms with Gasteiger partial charge in [0.05, 0.1) is 5.75 Å². The molecular formula is C18H29N3O5S. The summed E-state index contributed by atoms with van der Waals surface area (Å²) in [5.74, 6) is -0.154. The lowest BCUT2D eigenvalue weighted by Gasteiger charge is -2.32. The summed E-state index contributed by atoms with van der Waals surface area (Å²) in [6.45, 7) is 9.77. The van der Waals surface area contributed by atoms with Crippen molar-refractivity contribution >= 4 is 27.5 Å². The van der Waals surface area contributed by atoms with Crippen LogP contribution in [0.1, 0.15) is 53.2 Å². The van der Waals surface area contributed by atoms with Crippen LogP contribution in [0.15, 0.2) is 10.6 Å². The molecule has 1 fully saturated rings. The monoisotopic (exact) mass is 399 g/mol. The van der Waals surface area contributed by atoms with Crippen molar-refractivity contribution in [2.45, 2.75) is 58.1 Å². The number of nitrogens with one attached hydrogen (secondary N) is 1. The number of piperidine rings is 1. The zero-order chi connectivity index (χ0) is 20.4. The number of carbonyl (C=O) groups excluding carboxylic acids is 2. The quantitative estimate of drug-likeness (QED) is 0.811. The van der Waals surface area contributed by atoms with Crippen molar-refractivity contribution in [2.75, 3.05) is 24.2 Å². The van der Waals surface area contributed by atoms with E-state index in [1.807, 2.05) is 20.8 Å². The number of nitrogens with zero attached hydrogens (tertiary/aromatic N) is 2. The second-order valence-corrected chi connectivity index (χ2v) is 10.6. The fourth-order valence-corrected chi connectivity index (χ4v) is 4.64.